The monoisotopic (exact) mass is 873 g/mol. The van der Waals surface area contributed by atoms with E-state index in [2.05, 4.69) is 86.7 Å². The second-order valence-electron chi connectivity index (χ2n) is 19.7. The molecule has 5 aliphatic heterocycles. The van der Waals surface area contributed by atoms with Gasteiger partial charge in [-0.15, -0.1) is 0 Å². The molecule has 0 amide bonds. The van der Waals surface area contributed by atoms with E-state index in [1.807, 2.05) is 19.1 Å². The lowest BCUT2D eigenvalue weighted by molar-refractivity contribution is -0.144. The van der Waals surface area contributed by atoms with Crippen LogP contribution in [0.15, 0.2) is 118 Å². The normalized spacial score (nSPS) is 22.8. The molecule has 8 bridgehead atoms. The Bertz CT molecular complexity index is 2260. The van der Waals surface area contributed by atoms with Crippen molar-refractivity contribution in [2.45, 2.75) is 160 Å². The number of aliphatic hydroxyl groups is 1. The van der Waals surface area contributed by atoms with Gasteiger partial charge in [0.25, 0.3) is 0 Å². The largest absolute Gasteiger partial charge is 0.510 e. The minimum absolute atomic E-state index is 0.0727. The van der Waals surface area contributed by atoms with Crippen molar-refractivity contribution < 1.29 is 24.2 Å². The zero-order chi connectivity index (χ0) is 46.4. The van der Waals surface area contributed by atoms with Crippen molar-refractivity contribution >= 4 is 29.1 Å². The first-order chi connectivity index (χ1) is 30.6. The van der Waals surface area contributed by atoms with E-state index >= 15 is 0 Å². The molecule has 1 fully saturated rings. The maximum atomic E-state index is 13.6. The molecule has 0 spiro atoms. The van der Waals surface area contributed by atoms with Crippen LogP contribution in [-0.2, 0) is 19.1 Å². The number of allylic oxidation sites excluding steroid dienone is 12. The van der Waals surface area contributed by atoms with Crippen LogP contribution in [0.25, 0.3) is 0 Å². The van der Waals surface area contributed by atoms with E-state index in [4.69, 9.17) is 24.5 Å². The summed E-state index contributed by atoms with van der Waals surface area (Å²) in [7, 11) is 1.34. The second-order valence-corrected chi connectivity index (χ2v) is 19.7. The Labute approximate surface area is 384 Å². The van der Waals surface area contributed by atoms with Gasteiger partial charge in [0.1, 0.15) is 18.3 Å². The molecule has 2 N–H and O–H groups in total. The van der Waals surface area contributed by atoms with Gasteiger partial charge in [0.05, 0.1) is 41.3 Å². The maximum Gasteiger partial charge on any atom is 0.321 e. The third-order valence-electron chi connectivity index (χ3n) is 14.6. The standard InChI is InChI=1S/C55H76N4O5/c1-13-39-35(8)42-28-44-37(10)41(24-25-48(60)64-27-26-34(7)23-17-22-33(6)21-16-20-32(5)19-15-18-31(3)4)52(58-44)50-51(55(62)63-12)54(61)49-38(11)45(59-53(49)50)30-47-40(14-2)36(9)43(57-47)29-46(39)56-42/h26,28-33,37,41,51,58,61H,13-25,27H2,1-12H3/b34-26+,44-28?,46-29?,47-30?,52-50?/t32-,33-,37+,41+,51?/m1/s1. The molecule has 5 heterocycles. The predicted octanol–water partition coefficient (Wildman–Crippen LogP) is 13.2. The lowest BCUT2D eigenvalue weighted by atomic mass is 9.84. The van der Waals surface area contributed by atoms with Crippen molar-refractivity contribution in [3.8, 4) is 0 Å². The molecule has 64 heavy (non-hydrogen) atoms. The van der Waals surface area contributed by atoms with Gasteiger partial charge in [-0.25, -0.2) is 15.0 Å². The van der Waals surface area contributed by atoms with E-state index in [1.165, 1.54) is 63.2 Å². The van der Waals surface area contributed by atoms with Crippen molar-refractivity contribution in [1.29, 1.82) is 0 Å². The number of aliphatic imine (C=N–C) groups is 3. The lowest BCUT2D eigenvalue weighted by Crippen LogP contribution is -2.25. The van der Waals surface area contributed by atoms with Gasteiger partial charge in [-0.2, -0.15) is 0 Å². The molecule has 9 heteroatoms. The van der Waals surface area contributed by atoms with Crippen molar-refractivity contribution in [2.24, 2.45) is 50.5 Å². The van der Waals surface area contributed by atoms with Gasteiger partial charge in [0.2, 0.25) is 0 Å². The highest BCUT2D eigenvalue weighted by Gasteiger charge is 2.49. The lowest BCUT2D eigenvalue weighted by Gasteiger charge is -2.20. The van der Waals surface area contributed by atoms with Gasteiger partial charge < -0.3 is 19.9 Å². The Morgan fingerprint density at radius 1 is 0.812 bits per heavy atom. The number of aliphatic hydroxyl groups excluding tert-OH is 1. The van der Waals surface area contributed by atoms with Gasteiger partial charge in [-0.3, -0.25) is 9.59 Å². The molecule has 6 aliphatic rings. The average Bonchev–Trinajstić information content (AvgIpc) is 3.99. The number of hydrogen-bond acceptors (Lipinski definition) is 9. The molecule has 1 aliphatic carbocycles. The first-order valence-corrected chi connectivity index (χ1v) is 24.4. The molecule has 5 atom stereocenters. The van der Waals surface area contributed by atoms with E-state index in [-0.39, 0.29) is 36.6 Å². The average molecular weight is 873 g/mol. The van der Waals surface area contributed by atoms with Gasteiger partial charge in [0, 0.05) is 40.8 Å². The fourth-order valence-electron chi connectivity index (χ4n) is 10.4. The zero-order valence-electron chi connectivity index (χ0n) is 41.1. The summed E-state index contributed by atoms with van der Waals surface area (Å²) in [5, 5.41) is 15.6. The van der Waals surface area contributed by atoms with Crippen molar-refractivity contribution in [1.82, 2.24) is 5.32 Å². The van der Waals surface area contributed by atoms with Crippen LogP contribution in [0, 0.1) is 35.5 Å². The summed E-state index contributed by atoms with van der Waals surface area (Å²) in [5.41, 5.74) is 14.1. The van der Waals surface area contributed by atoms with Crippen LogP contribution < -0.4 is 5.32 Å². The number of nitrogens with one attached hydrogen (secondary N) is 1. The molecule has 1 saturated heterocycles. The van der Waals surface area contributed by atoms with Crippen LogP contribution in [0.5, 0.6) is 0 Å². The number of rotatable bonds is 20. The number of methoxy groups -OCH3 is 1. The summed E-state index contributed by atoms with van der Waals surface area (Å²) in [5.74, 6) is 0.0828. The molecule has 0 aromatic heterocycles. The van der Waals surface area contributed by atoms with E-state index in [0.717, 1.165) is 99.9 Å². The molecule has 0 aromatic carbocycles. The third kappa shape index (κ3) is 10.7. The first kappa shape index (κ1) is 48.7. The molecule has 0 radical (unpaired) electrons. The molecule has 1 unspecified atom stereocenters. The van der Waals surface area contributed by atoms with Crippen LogP contribution in [0.3, 0.4) is 0 Å². The number of nitrogens with zero attached hydrogens (tertiary/aromatic N) is 3. The Balaban J connectivity index is 1.19. The molecule has 6 rings (SSSR count). The Kier molecular flexibility index (Phi) is 16.3. The van der Waals surface area contributed by atoms with Gasteiger partial charge in [0.15, 0.2) is 0 Å². The summed E-state index contributed by atoms with van der Waals surface area (Å²) in [6, 6.07) is 0. The Morgan fingerprint density at radius 2 is 1.41 bits per heavy atom. The van der Waals surface area contributed by atoms with Gasteiger partial charge in [-0.1, -0.05) is 99.0 Å². The topological polar surface area (TPSA) is 122 Å². The number of carbonyl (C=O) groups is 2. The molecule has 0 saturated carbocycles. The summed E-state index contributed by atoms with van der Waals surface area (Å²) in [4.78, 5) is 42.6. The fourth-order valence-corrected chi connectivity index (χ4v) is 10.4. The SMILES string of the molecule is CCC1=C(C)C2=NC1=CC1=C(C)C3=C(O)C(C(=O)OC)C(=C4NC(=CC5=NC(=C2)C(CC)=C5C)[C@@H](C)[C@@H]4CCC(=O)OC/C=C(\C)CCC[C@H](C)CCC[C@H](C)CCCC(C)C)C3=N1. The molecule has 9 nitrogen and oxygen atoms in total. The van der Waals surface area contributed by atoms with E-state index in [1.54, 1.807) is 0 Å². The highest BCUT2D eigenvalue weighted by Crippen LogP contribution is 2.49. The smallest absolute Gasteiger partial charge is 0.321 e. The number of hydrogen-bond donors (Lipinski definition) is 2. The molecule has 346 valence electrons. The second kappa shape index (κ2) is 21.5. The zero-order valence-corrected chi connectivity index (χ0v) is 41.1. The summed E-state index contributed by atoms with van der Waals surface area (Å²) in [6.45, 7) is 24.4. The summed E-state index contributed by atoms with van der Waals surface area (Å²) in [6.07, 6.45) is 21.9. The van der Waals surface area contributed by atoms with Crippen LogP contribution in [-0.4, -0.2) is 47.9 Å². The Hall–Kier alpha value is -4.79. The van der Waals surface area contributed by atoms with Crippen LogP contribution in [0.4, 0.5) is 0 Å². The van der Waals surface area contributed by atoms with Crippen LogP contribution in [0.1, 0.15) is 160 Å². The van der Waals surface area contributed by atoms with Gasteiger partial charge >= 0.3 is 11.9 Å². The number of carbonyl (C=O) groups excluding carboxylic acids is 2. The van der Waals surface area contributed by atoms with Crippen LogP contribution in [0.2, 0.25) is 0 Å². The number of esters is 2. The predicted molar refractivity (Wildman–Crippen MR) is 262 cm³/mol. The van der Waals surface area contributed by atoms with Crippen molar-refractivity contribution in [3.63, 3.8) is 0 Å². The van der Waals surface area contributed by atoms with Crippen LogP contribution >= 0.6 is 0 Å². The number of ether oxygens (including phenoxy) is 2. The maximum absolute atomic E-state index is 13.6. The quantitative estimate of drug-likeness (QED) is 0.0928. The first-order valence-electron chi connectivity index (χ1n) is 24.4. The molecule has 0 aromatic rings. The summed E-state index contributed by atoms with van der Waals surface area (Å²) >= 11 is 0. The Morgan fingerprint density at radius 3 is 2.02 bits per heavy atom. The van der Waals surface area contributed by atoms with E-state index in [9.17, 15) is 14.7 Å². The highest BCUT2D eigenvalue weighted by molar-refractivity contribution is 6.24. The van der Waals surface area contributed by atoms with Crippen molar-refractivity contribution in [2.75, 3.05) is 13.7 Å². The highest BCUT2D eigenvalue weighted by atomic mass is 16.5. The summed E-state index contributed by atoms with van der Waals surface area (Å²) < 4.78 is 11.1. The van der Waals surface area contributed by atoms with Crippen molar-refractivity contribution in [3.05, 3.63) is 103 Å². The molecular weight excluding hydrogens is 797 g/mol. The third-order valence-corrected chi connectivity index (χ3v) is 14.6. The minimum Gasteiger partial charge on any atom is -0.510 e. The molecular formula is C55H76N4O5. The van der Waals surface area contributed by atoms with Gasteiger partial charge in [-0.05, 0) is 130 Å². The van der Waals surface area contributed by atoms with E-state index < -0.39 is 11.9 Å². The fraction of sp³-hybridized carbons (Fsp3) is 0.582. The van der Waals surface area contributed by atoms with E-state index in [0.29, 0.717) is 29.0 Å². The number of fused-ring (bicyclic) bond motifs is 5. The minimum atomic E-state index is -1.06.